The minimum Gasteiger partial charge on any atom is -0.508 e. The quantitative estimate of drug-likeness (QED) is 0.667. The Morgan fingerprint density at radius 3 is 2.87 bits per heavy atom. The van der Waals surface area contributed by atoms with E-state index in [0.717, 1.165) is 24.9 Å². The number of phenolic OH excluding ortho intramolecular Hbond substituents is 1. The highest BCUT2D eigenvalue weighted by Crippen LogP contribution is 2.10. The molecule has 0 heterocycles. The smallest absolute Gasteiger partial charge is 0.115 e. The van der Waals surface area contributed by atoms with E-state index < -0.39 is 0 Å². The van der Waals surface area contributed by atoms with Crippen LogP contribution in [0.25, 0.3) is 0 Å². The zero-order valence-corrected chi connectivity index (χ0v) is 9.11. The number of phenols is 1. The molecule has 0 spiro atoms. The van der Waals surface area contributed by atoms with E-state index in [4.69, 9.17) is 5.11 Å². The van der Waals surface area contributed by atoms with Gasteiger partial charge in [0.05, 0.1) is 0 Å². The van der Waals surface area contributed by atoms with Crippen molar-refractivity contribution in [3.8, 4) is 5.75 Å². The number of benzene rings is 1. The van der Waals surface area contributed by atoms with Crippen LogP contribution in [-0.4, -0.2) is 22.9 Å². The van der Waals surface area contributed by atoms with E-state index in [0.29, 0.717) is 11.8 Å². The Hall–Kier alpha value is -1.06. The monoisotopic (exact) mass is 209 g/mol. The van der Waals surface area contributed by atoms with Crippen LogP contribution in [0.1, 0.15) is 25.3 Å². The van der Waals surface area contributed by atoms with Gasteiger partial charge in [-0.1, -0.05) is 12.1 Å². The van der Waals surface area contributed by atoms with Crippen molar-refractivity contribution in [3.63, 3.8) is 0 Å². The van der Waals surface area contributed by atoms with Crippen molar-refractivity contribution < 1.29 is 10.2 Å². The van der Waals surface area contributed by atoms with Crippen molar-refractivity contribution in [1.29, 1.82) is 0 Å². The van der Waals surface area contributed by atoms with Crippen LogP contribution in [0.5, 0.6) is 5.75 Å². The fraction of sp³-hybridized carbons (Fsp3) is 0.500. The number of nitrogens with one attached hydrogen (secondary N) is 1. The molecule has 1 aromatic carbocycles. The second-order valence-corrected chi connectivity index (χ2v) is 3.82. The van der Waals surface area contributed by atoms with Gasteiger partial charge in [-0.3, -0.25) is 0 Å². The summed E-state index contributed by atoms with van der Waals surface area (Å²) in [5.41, 5.74) is 1.07. The third-order valence-electron chi connectivity index (χ3n) is 2.36. The third-order valence-corrected chi connectivity index (χ3v) is 2.36. The number of aliphatic hydroxyl groups is 1. The number of hydrogen-bond acceptors (Lipinski definition) is 3. The van der Waals surface area contributed by atoms with Gasteiger partial charge in [-0.2, -0.15) is 0 Å². The molecule has 0 bridgehead atoms. The van der Waals surface area contributed by atoms with Crippen LogP contribution in [0.2, 0.25) is 0 Å². The molecule has 3 N–H and O–H groups in total. The maximum Gasteiger partial charge on any atom is 0.115 e. The molecule has 3 nitrogen and oxygen atoms in total. The molecule has 15 heavy (non-hydrogen) atoms. The topological polar surface area (TPSA) is 52.5 Å². The van der Waals surface area contributed by atoms with Crippen molar-refractivity contribution in [2.45, 2.75) is 32.4 Å². The van der Waals surface area contributed by atoms with E-state index in [9.17, 15) is 5.11 Å². The molecule has 0 saturated carbocycles. The maximum absolute atomic E-state index is 9.26. The Kier molecular flexibility index (Phi) is 5.15. The van der Waals surface area contributed by atoms with Crippen LogP contribution in [0.3, 0.4) is 0 Å². The summed E-state index contributed by atoms with van der Waals surface area (Å²) in [6, 6.07) is 7.63. The SMILES string of the molecule is C[C@H](CCCO)NCc1cccc(O)c1. The van der Waals surface area contributed by atoms with Crippen molar-refractivity contribution >= 4 is 0 Å². The molecule has 1 atom stereocenters. The van der Waals surface area contributed by atoms with Crippen LogP contribution in [0.15, 0.2) is 24.3 Å². The van der Waals surface area contributed by atoms with Crippen LogP contribution in [0, 0.1) is 0 Å². The fourth-order valence-corrected chi connectivity index (χ4v) is 1.46. The Bertz CT molecular complexity index is 289. The highest BCUT2D eigenvalue weighted by molar-refractivity contribution is 5.26. The number of rotatable bonds is 6. The van der Waals surface area contributed by atoms with E-state index in [1.54, 1.807) is 12.1 Å². The van der Waals surface area contributed by atoms with Crippen LogP contribution >= 0.6 is 0 Å². The first-order valence-corrected chi connectivity index (χ1v) is 5.34. The molecule has 0 amide bonds. The molecular formula is C12H19NO2. The largest absolute Gasteiger partial charge is 0.508 e. The lowest BCUT2D eigenvalue weighted by Crippen LogP contribution is -2.25. The van der Waals surface area contributed by atoms with Gasteiger partial charge < -0.3 is 15.5 Å². The predicted octanol–water partition coefficient (Wildman–Crippen LogP) is 1.64. The Labute approximate surface area is 90.8 Å². The van der Waals surface area contributed by atoms with Gasteiger partial charge in [-0.05, 0) is 37.5 Å². The third kappa shape index (κ3) is 4.81. The summed E-state index contributed by atoms with van der Waals surface area (Å²) in [7, 11) is 0. The zero-order chi connectivity index (χ0) is 11.1. The van der Waals surface area contributed by atoms with Gasteiger partial charge in [0.15, 0.2) is 0 Å². The number of hydrogen-bond donors (Lipinski definition) is 3. The van der Waals surface area contributed by atoms with E-state index in [2.05, 4.69) is 12.2 Å². The average Bonchev–Trinajstić information content (AvgIpc) is 2.23. The van der Waals surface area contributed by atoms with Gasteiger partial charge in [0.25, 0.3) is 0 Å². The summed E-state index contributed by atoms with van der Waals surface area (Å²) in [6.45, 7) is 3.09. The minimum atomic E-state index is 0.248. The van der Waals surface area contributed by atoms with Crippen molar-refractivity contribution in [3.05, 3.63) is 29.8 Å². The summed E-state index contributed by atoms with van der Waals surface area (Å²) in [4.78, 5) is 0. The van der Waals surface area contributed by atoms with Crippen molar-refractivity contribution in [1.82, 2.24) is 5.32 Å². The lowest BCUT2D eigenvalue weighted by atomic mass is 10.1. The molecule has 3 heteroatoms. The van der Waals surface area contributed by atoms with Crippen molar-refractivity contribution in [2.24, 2.45) is 0 Å². The van der Waals surface area contributed by atoms with Gasteiger partial charge in [0, 0.05) is 19.2 Å². The first-order valence-electron chi connectivity index (χ1n) is 5.34. The van der Waals surface area contributed by atoms with Crippen LogP contribution in [0.4, 0.5) is 0 Å². The summed E-state index contributed by atoms with van der Waals surface area (Å²) in [5.74, 6) is 0.303. The van der Waals surface area contributed by atoms with E-state index >= 15 is 0 Å². The Morgan fingerprint density at radius 1 is 1.40 bits per heavy atom. The normalized spacial score (nSPS) is 12.7. The van der Waals surface area contributed by atoms with E-state index in [-0.39, 0.29) is 6.61 Å². The second kappa shape index (κ2) is 6.43. The summed E-state index contributed by atoms with van der Waals surface area (Å²) < 4.78 is 0. The molecule has 1 aromatic rings. The molecular weight excluding hydrogens is 190 g/mol. The molecule has 0 aliphatic rings. The average molecular weight is 209 g/mol. The molecule has 0 aliphatic carbocycles. The summed E-state index contributed by atoms with van der Waals surface area (Å²) >= 11 is 0. The molecule has 0 aromatic heterocycles. The van der Waals surface area contributed by atoms with Gasteiger partial charge in [-0.15, -0.1) is 0 Å². The van der Waals surface area contributed by atoms with E-state index in [1.165, 1.54) is 0 Å². The maximum atomic E-state index is 9.26. The Balaban J connectivity index is 2.30. The van der Waals surface area contributed by atoms with Gasteiger partial charge >= 0.3 is 0 Å². The molecule has 1 rings (SSSR count). The standard InChI is InChI=1S/C12H19NO2/c1-10(4-3-7-14)13-9-11-5-2-6-12(15)8-11/h2,5-6,8,10,13-15H,3-4,7,9H2,1H3/t10-/m1/s1. The molecule has 0 unspecified atom stereocenters. The lowest BCUT2D eigenvalue weighted by Gasteiger charge is -2.13. The molecule has 0 saturated heterocycles. The van der Waals surface area contributed by atoms with Crippen molar-refractivity contribution in [2.75, 3.05) is 6.61 Å². The molecule has 84 valence electrons. The first kappa shape index (κ1) is 12.0. The molecule has 0 radical (unpaired) electrons. The summed E-state index contributed by atoms with van der Waals surface area (Å²) in [6.07, 6.45) is 1.80. The highest BCUT2D eigenvalue weighted by Gasteiger charge is 2.01. The van der Waals surface area contributed by atoms with E-state index in [1.807, 2.05) is 12.1 Å². The van der Waals surface area contributed by atoms with Gasteiger partial charge in [0.1, 0.15) is 5.75 Å². The number of aromatic hydroxyl groups is 1. The highest BCUT2D eigenvalue weighted by atomic mass is 16.3. The zero-order valence-electron chi connectivity index (χ0n) is 9.11. The Morgan fingerprint density at radius 2 is 2.20 bits per heavy atom. The predicted molar refractivity (Wildman–Crippen MR) is 60.7 cm³/mol. The van der Waals surface area contributed by atoms with Gasteiger partial charge in [0.2, 0.25) is 0 Å². The summed E-state index contributed by atoms with van der Waals surface area (Å²) in [5, 5.41) is 21.3. The molecule has 0 aliphatic heterocycles. The fourth-order valence-electron chi connectivity index (χ4n) is 1.46. The number of aliphatic hydroxyl groups excluding tert-OH is 1. The lowest BCUT2D eigenvalue weighted by molar-refractivity contribution is 0.276. The molecule has 0 fully saturated rings. The second-order valence-electron chi connectivity index (χ2n) is 3.82. The first-order chi connectivity index (χ1) is 7.22. The van der Waals surface area contributed by atoms with Crippen LogP contribution < -0.4 is 5.32 Å². The van der Waals surface area contributed by atoms with Gasteiger partial charge in [-0.25, -0.2) is 0 Å². The minimum absolute atomic E-state index is 0.248. The van der Waals surface area contributed by atoms with Crippen LogP contribution in [-0.2, 0) is 6.54 Å².